The van der Waals surface area contributed by atoms with E-state index in [1.54, 1.807) is 0 Å². The van der Waals surface area contributed by atoms with E-state index >= 15 is 0 Å². The highest BCUT2D eigenvalue weighted by atomic mass is 79.9. The van der Waals surface area contributed by atoms with E-state index in [0.29, 0.717) is 6.04 Å². The van der Waals surface area contributed by atoms with Crippen molar-refractivity contribution in [2.75, 3.05) is 13.2 Å². The van der Waals surface area contributed by atoms with Crippen LogP contribution < -0.4 is 10.6 Å². The fraction of sp³-hybridized carbons (Fsp3) is 0.533. The number of carbonyl (C=O) groups is 1. The van der Waals surface area contributed by atoms with Gasteiger partial charge >= 0.3 is 0 Å². The van der Waals surface area contributed by atoms with Gasteiger partial charge < -0.3 is 15.7 Å². The molecule has 2 fully saturated rings. The first kappa shape index (κ1) is 14.0. The maximum Gasteiger partial charge on any atom is 0.226 e. The molecule has 1 aromatic carbocycles. The van der Waals surface area contributed by atoms with E-state index < -0.39 is 0 Å². The van der Waals surface area contributed by atoms with E-state index in [9.17, 15) is 9.90 Å². The second-order valence-corrected chi connectivity index (χ2v) is 6.76. The number of benzene rings is 1. The van der Waals surface area contributed by atoms with Crippen molar-refractivity contribution < 1.29 is 9.90 Å². The molecule has 1 heterocycles. The summed E-state index contributed by atoms with van der Waals surface area (Å²) in [5.41, 5.74) is 0.938. The van der Waals surface area contributed by atoms with Crippen LogP contribution in [-0.4, -0.2) is 30.2 Å². The Balaban J connectivity index is 1.62. The third-order valence-electron chi connectivity index (χ3n) is 4.52. The van der Waals surface area contributed by atoms with Gasteiger partial charge in [0.2, 0.25) is 5.91 Å². The lowest BCUT2D eigenvalue weighted by atomic mass is 9.64. The molecule has 20 heavy (non-hydrogen) atoms. The Bertz CT molecular complexity index is 514. The second-order valence-electron chi connectivity index (χ2n) is 5.85. The molecule has 1 aliphatic heterocycles. The van der Waals surface area contributed by atoms with E-state index in [1.807, 2.05) is 24.3 Å². The third-order valence-corrected chi connectivity index (χ3v) is 5.01. The maximum absolute atomic E-state index is 11.8. The minimum Gasteiger partial charge on any atom is -0.394 e. The number of hydrogen-bond donors (Lipinski definition) is 3. The number of amides is 1. The molecule has 0 radical (unpaired) electrons. The molecule has 108 valence electrons. The van der Waals surface area contributed by atoms with Crippen molar-refractivity contribution in [1.29, 1.82) is 0 Å². The zero-order valence-electron chi connectivity index (χ0n) is 11.2. The van der Waals surface area contributed by atoms with Gasteiger partial charge in [-0.05, 0) is 37.0 Å². The molecule has 1 aromatic rings. The van der Waals surface area contributed by atoms with E-state index in [1.165, 1.54) is 0 Å². The highest BCUT2D eigenvalue weighted by Gasteiger charge is 2.52. The Kier molecular flexibility index (Phi) is 3.84. The first-order valence-electron chi connectivity index (χ1n) is 7.04. The minimum atomic E-state index is -0.130. The Morgan fingerprint density at radius 2 is 2.30 bits per heavy atom. The summed E-state index contributed by atoms with van der Waals surface area (Å²) in [5.74, 6) is 0.207. The van der Waals surface area contributed by atoms with E-state index in [4.69, 9.17) is 0 Å². The number of nitrogens with one attached hydrogen (secondary N) is 2. The average Bonchev–Trinajstić information content (AvgIpc) is 2.77. The summed E-state index contributed by atoms with van der Waals surface area (Å²) in [6.45, 7) is 0.868. The highest BCUT2D eigenvalue weighted by Crippen LogP contribution is 2.47. The van der Waals surface area contributed by atoms with Crippen molar-refractivity contribution in [3.05, 3.63) is 34.3 Å². The highest BCUT2D eigenvalue weighted by molar-refractivity contribution is 9.10. The number of rotatable bonds is 4. The quantitative estimate of drug-likeness (QED) is 0.783. The van der Waals surface area contributed by atoms with Crippen LogP contribution in [0, 0.1) is 5.41 Å². The van der Waals surface area contributed by atoms with Crippen LogP contribution in [0.15, 0.2) is 28.7 Å². The molecule has 4 nitrogen and oxygen atoms in total. The second kappa shape index (κ2) is 5.47. The molecule has 1 spiro atoms. The summed E-state index contributed by atoms with van der Waals surface area (Å²) in [6, 6.07) is 8.21. The van der Waals surface area contributed by atoms with Gasteiger partial charge in [0.15, 0.2) is 0 Å². The summed E-state index contributed by atoms with van der Waals surface area (Å²) in [5, 5.41) is 16.0. The van der Waals surface area contributed by atoms with Crippen LogP contribution in [0.4, 0.5) is 0 Å². The Morgan fingerprint density at radius 1 is 1.50 bits per heavy atom. The van der Waals surface area contributed by atoms with Gasteiger partial charge in [0.05, 0.1) is 18.1 Å². The van der Waals surface area contributed by atoms with Crippen LogP contribution in [0.25, 0.3) is 0 Å². The molecule has 2 aliphatic rings. The number of hydrogen-bond acceptors (Lipinski definition) is 3. The van der Waals surface area contributed by atoms with E-state index in [-0.39, 0.29) is 24.0 Å². The lowest BCUT2D eigenvalue weighted by Gasteiger charge is -2.44. The lowest BCUT2D eigenvalue weighted by molar-refractivity contribution is -0.133. The average molecular weight is 339 g/mol. The Labute approximate surface area is 127 Å². The summed E-state index contributed by atoms with van der Waals surface area (Å²) in [4.78, 5) is 11.8. The van der Waals surface area contributed by atoms with Crippen LogP contribution in [0.1, 0.15) is 30.9 Å². The molecule has 5 heteroatoms. The van der Waals surface area contributed by atoms with Crippen molar-refractivity contribution in [1.82, 2.24) is 10.6 Å². The molecule has 3 rings (SSSR count). The predicted molar refractivity (Wildman–Crippen MR) is 80.2 cm³/mol. The van der Waals surface area contributed by atoms with Crippen LogP contribution in [0.2, 0.25) is 0 Å². The third kappa shape index (κ3) is 2.50. The van der Waals surface area contributed by atoms with Crippen molar-refractivity contribution in [2.24, 2.45) is 5.41 Å². The van der Waals surface area contributed by atoms with E-state index in [2.05, 4.69) is 26.6 Å². The zero-order chi connectivity index (χ0) is 14.2. The van der Waals surface area contributed by atoms with Gasteiger partial charge in [-0.3, -0.25) is 4.79 Å². The fourth-order valence-corrected chi connectivity index (χ4v) is 3.79. The van der Waals surface area contributed by atoms with Gasteiger partial charge in [0.25, 0.3) is 0 Å². The molecular weight excluding hydrogens is 320 g/mol. The van der Waals surface area contributed by atoms with Gasteiger partial charge in [0.1, 0.15) is 0 Å². The molecule has 3 N–H and O–H groups in total. The SMILES string of the molecule is O=C1NCCC12CC(NC(CO)c1cccc(Br)c1)C2. The molecule has 1 aliphatic carbocycles. The lowest BCUT2D eigenvalue weighted by Crippen LogP contribution is -2.53. The Morgan fingerprint density at radius 3 is 2.90 bits per heavy atom. The molecule has 1 atom stereocenters. The Hall–Kier alpha value is -0.910. The largest absolute Gasteiger partial charge is 0.394 e. The molecule has 1 saturated carbocycles. The molecule has 1 unspecified atom stereocenters. The van der Waals surface area contributed by atoms with Crippen LogP contribution in [0.3, 0.4) is 0 Å². The topological polar surface area (TPSA) is 61.4 Å². The molecule has 0 bridgehead atoms. The van der Waals surface area contributed by atoms with Crippen molar-refractivity contribution in [3.8, 4) is 0 Å². The zero-order valence-corrected chi connectivity index (χ0v) is 12.8. The monoisotopic (exact) mass is 338 g/mol. The molecule has 0 aromatic heterocycles. The van der Waals surface area contributed by atoms with Gasteiger partial charge in [-0.2, -0.15) is 0 Å². The smallest absolute Gasteiger partial charge is 0.226 e. The predicted octanol–water partition coefficient (Wildman–Crippen LogP) is 1.74. The fourth-order valence-electron chi connectivity index (χ4n) is 3.37. The normalized spacial score (nSPS) is 30.1. The van der Waals surface area contributed by atoms with Gasteiger partial charge in [-0.25, -0.2) is 0 Å². The number of carbonyl (C=O) groups excluding carboxylic acids is 1. The van der Waals surface area contributed by atoms with Gasteiger partial charge in [0, 0.05) is 17.1 Å². The number of aliphatic hydroxyl groups is 1. The summed E-state index contributed by atoms with van der Waals surface area (Å²) >= 11 is 3.45. The van der Waals surface area contributed by atoms with Gasteiger partial charge in [-0.15, -0.1) is 0 Å². The van der Waals surface area contributed by atoms with E-state index in [0.717, 1.165) is 35.8 Å². The first-order chi connectivity index (χ1) is 9.63. The van der Waals surface area contributed by atoms with Crippen LogP contribution in [-0.2, 0) is 4.79 Å². The van der Waals surface area contributed by atoms with Crippen LogP contribution >= 0.6 is 15.9 Å². The van der Waals surface area contributed by atoms with Crippen molar-refractivity contribution >= 4 is 21.8 Å². The van der Waals surface area contributed by atoms with Gasteiger partial charge in [-0.1, -0.05) is 28.1 Å². The number of aliphatic hydroxyl groups excluding tert-OH is 1. The summed E-state index contributed by atoms with van der Waals surface area (Å²) < 4.78 is 1.01. The van der Waals surface area contributed by atoms with Crippen molar-refractivity contribution in [2.45, 2.75) is 31.3 Å². The standard InChI is InChI=1S/C15H19BrN2O2/c16-11-3-1-2-10(6-11)13(9-19)18-12-7-15(8-12)4-5-17-14(15)20/h1-3,6,12-13,18-19H,4-5,7-9H2,(H,17,20). The summed E-state index contributed by atoms with van der Waals surface area (Å²) in [7, 11) is 0. The first-order valence-corrected chi connectivity index (χ1v) is 7.83. The van der Waals surface area contributed by atoms with Crippen molar-refractivity contribution in [3.63, 3.8) is 0 Å². The molecule has 1 saturated heterocycles. The van der Waals surface area contributed by atoms with Crippen LogP contribution in [0.5, 0.6) is 0 Å². The minimum absolute atomic E-state index is 0.0617. The molecule has 1 amide bonds. The molecular formula is C15H19BrN2O2. The number of halogens is 1. The summed E-state index contributed by atoms with van der Waals surface area (Å²) in [6.07, 6.45) is 2.71. The maximum atomic E-state index is 11.8.